The Morgan fingerprint density at radius 2 is 2.11 bits per heavy atom. The van der Waals surface area contributed by atoms with E-state index in [9.17, 15) is 4.79 Å². The molecule has 0 aliphatic heterocycles. The molecule has 0 aliphatic carbocycles. The SMILES string of the molecule is CCCNc1ccncc1C(=O)NC(C)C(C)(C)C. The van der Waals surface area contributed by atoms with Crippen molar-refractivity contribution in [2.45, 2.75) is 47.1 Å². The summed E-state index contributed by atoms with van der Waals surface area (Å²) >= 11 is 0. The van der Waals surface area contributed by atoms with E-state index in [4.69, 9.17) is 0 Å². The summed E-state index contributed by atoms with van der Waals surface area (Å²) in [5, 5.41) is 6.29. The summed E-state index contributed by atoms with van der Waals surface area (Å²) in [4.78, 5) is 16.3. The van der Waals surface area contributed by atoms with Gasteiger partial charge < -0.3 is 10.6 Å². The van der Waals surface area contributed by atoms with Crippen LogP contribution in [-0.4, -0.2) is 23.5 Å². The van der Waals surface area contributed by atoms with Crippen molar-refractivity contribution in [2.75, 3.05) is 11.9 Å². The summed E-state index contributed by atoms with van der Waals surface area (Å²) in [6.45, 7) is 11.3. The molecule has 2 N–H and O–H groups in total. The van der Waals surface area contributed by atoms with E-state index in [-0.39, 0.29) is 17.4 Å². The Morgan fingerprint density at radius 1 is 1.42 bits per heavy atom. The largest absolute Gasteiger partial charge is 0.384 e. The van der Waals surface area contributed by atoms with E-state index in [1.54, 1.807) is 12.4 Å². The van der Waals surface area contributed by atoms with Gasteiger partial charge in [-0.1, -0.05) is 27.7 Å². The molecule has 0 radical (unpaired) electrons. The van der Waals surface area contributed by atoms with Crippen LogP contribution < -0.4 is 10.6 Å². The van der Waals surface area contributed by atoms with Crippen LogP contribution >= 0.6 is 0 Å². The highest BCUT2D eigenvalue weighted by Gasteiger charge is 2.23. The molecule has 1 aromatic rings. The summed E-state index contributed by atoms with van der Waals surface area (Å²) < 4.78 is 0. The molecule has 1 unspecified atom stereocenters. The Hall–Kier alpha value is -1.58. The standard InChI is InChI=1S/C15H25N3O/c1-6-8-17-13-7-9-16-10-12(13)14(19)18-11(2)15(3,4)5/h7,9-11H,6,8H2,1-5H3,(H,16,17)(H,18,19). The number of hydrogen-bond acceptors (Lipinski definition) is 3. The van der Waals surface area contributed by atoms with Gasteiger partial charge in [0.1, 0.15) is 0 Å². The summed E-state index contributed by atoms with van der Waals surface area (Å²) in [5.41, 5.74) is 1.48. The zero-order valence-corrected chi connectivity index (χ0v) is 12.6. The van der Waals surface area contributed by atoms with Crippen LogP contribution in [0.3, 0.4) is 0 Å². The van der Waals surface area contributed by atoms with Crippen molar-refractivity contribution in [3.8, 4) is 0 Å². The fourth-order valence-corrected chi connectivity index (χ4v) is 1.48. The molecule has 1 heterocycles. The van der Waals surface area contributed by atoms with Gasteiger partial charge in [0.2, 0.25) is 0 Å². The van der Waals surface area contributed by atoms with Crippen LogP contribution in [0, 0.1) is 5.41 Å². The third-order valence-corrected chi connectivity index (χ3v) is 3.28. The number of rotatable bonds is 5. The maximum atomic E-state index is 12.3. The molecule has 1 amide bonds. The average Bonchev–Trinajstić information content (AvgIpc) is 2.35. The van der Waals surface area contributed by atoms with Crippen molar-refractivity contribution in [3.05, 3.63) is 24.0 Å². The molecule has 4 nitrogen and oxygen atoms in total. The Labute approximate surface area is 116 Å². The van der Waals surface area contributed by atoms with Gasteiger partial charge in [0, 0.05) is 25.0 Å². The van der Waals surface area contributed by atoms with Gasteiger partial charge in [-0.25, -0.2) is 0 Å². The van der Waals surface area contributed by atoms with Gasteiger partial charge in [-0.2, -0.15) is 0 Å². The second-order valence-corrected chi connectivity index (χ2v) is 5.91. The van der Waals surface area contributed by atoms with Crippen molar-refractivity contribution < 1.29 is 4.79 Å². The minimum atomic E-state index is -0.0749. The van der Waals surface area contributed by atoms with E-state index in [2.05, 4.69) is 43.3 Å². The van der Waals surface area contributed by atoms with Gasteiger partial charge in [0.15, 0.2) is 0 Å². The van der Waals surface area contributed by atoms with Crippen molar-refractivity contribution in [3.63, 3.8) is 0 Å². The number of carbonyl (C=O) groups excluding carboxylic acids is 1. The summed E-state index contributed by atoms with van der Waals surface area (Å²) in [6.07, 6.45) is 4.33. The third kappa shape index (κ3) is 4.54. The minimum absolute atomic E-state index is 0.0366. The Morgan fingerprint density at radius 3 is 2.68 bits per heavy atom. The zero-order chi connectivity index (χ0) is 14.5. The molecule has 0 aliphatic rings. The van der Waals surface area contributed by atoms with Crippen LogP contribution in [-0.2, 0) is 0 Å². The maximum absolute atomic E-state index is 12.3. The normalized spacial score (nSPS) is 12.9. The molecule has 19 heavy (non-hydrogen) atoms. The second-order valence-electron chi connectivity index (χ2n) is 5.91. The third-order valence-electron chi connectivity index (χ3n) is 3.28. The van der Waals surface area contributed by atoms with E-state index in [0.29, 0.717) is 5.56 Å². The lowest BCUT2D eigenvalue weighted by Gasteiger charge is -2.28. The van der Waals surface area contributed by atoms with Gasteiger partial charge in [-0.15, -0.1) is 0 Å². The second kappa shape index (κ2) is 6.55. The molecular formula is C15H25N3O. The molecule has 0 fully saturated rings. The Balaban J connectivity index is 2.82. The average molecular weight is 263 g/mol. The first-order valence-electron chi connectivity index (χ1n) is 6.85. The van der Waals surface area contributed by atoms with Crippen LogP contribution in [0.1, 0.15) is 51.4 Å². The summed E-state index contributed by atoms with van der Waals surface area (Å²) in [6, 6.07) is 1.94. The first-order valence-corrected chi connectivity index (χ1v) is 6.85. The van der Waals surface area contributed by atoms with Crippen LogP contribution in [0.15, 0.2) is 18.5 Å². The lowest BCUT2D eigenvalue weighted by atomic mass is 9.88. The quantitative estimate of drug-likeness (QED) is 0.858. The first-order chi connectivity index (χ1) is 8.86. The number of amides is 1. The summed E-state index contributed by atoms with van der Waals surface area (Å²) in [7, 11) is 0. The predicted molar refractivity (Wildman–Crippen MR) is 79.4 cm³/mol. The van der Waals surface area contributed by atoms with Gasteiger partial charge in [-0.3, -0.25) is 9.78 Å². The van der Waals surface area contributed by atoms with Crippen LogP contribution in [0.2, 0.25) is 0 Å². The molecule has 1 aromatic heterocycles. The highest BCUT2D eigenvalue weighted by atomic mass is 16.1. The fourth-order valence-electron chi connectivity index (χ4n) is 1.48. The van der Waals surface area contributed by atoms with Gasteiger partial charge in [0.25, 0.3) is 5.91 Å². The van der Waals surface area contributed by atoms with E-state index >= 15 is 0 Å². The zero-order valence-electron chi connectivity index (χ0n) is 12.6. The molecule has 0 saturated heterocycles. The molecule has 4 heteroatoms. The Kier molecular flexibility index (Phi) is 5.33. The molecular weight excluding hydrogens is 238 g/mol. The maximum Gasteiger partial charge on any atom is 0.255 e. The monoisotopic (exact) mass is 263 g/mol. The molecule has 0 bridgehead atoms. The number of anilines is 1. The number of aromatic nitrogens is 1. The first kappa shape index (κ1) is 15.5. The molecule has 1 atom stereocenters. The molecule has 0 spiro atoms. The Bertz CT molecular complexity index is 424. The van der Waals surface area contributed by atoms with Gasteiger partial charge in [0.05, 0.1) is 11.3 Å². The number of nitrogens with zero attached hydrogens (tertiary/aromatic N) is 1. The van der Waals surface area contributed by atoms with E-state index in [1.165, 1.54) is 0 Å². The number of nitrogens with one attached hydrogen (secondary N) is 2. The van der Waals surface area contributed by atoms with Gasteiger partial charge in [-0.05, 0) is 24.8 Å². The van der Waals surface area contributed by atoms with Crippen molar-refractivity contribution in [1.82, 2.24) is 10.3 Å². The number of carbonyl (C=O) groups is 1. The highest BCUT2D eigenvalue weighted by Crippen LogP contribution is 2.20. The molecule has 106 valence electrons. The van der Waals surface area contributed by atoms with E-state index in [0.717, 1.165) is 18.7 Å². The van der Waals surface area contributed by atoms with Crippen LogP contribution in [0.4, 0.5) is 5.69 Å². The van der Waals surface area contributed by atoms with Crippen molar-refractivity contribution >= 4 is 11.6 Å². The predicted octanol–water partition coefficient (Wildman–Crippen LogP) is 3.07. The van der Waals surface area contributed by atoms with Gasteiger partial charge >= 0.3 is 0 Å². The molecule has 1 rings (SSSR count). The van der Waals surface area contributed by atoms with Crippen LogP contribution in [0.5, 0.6) is 0 Å². The lowest BCUT2D eigenvalue weighted by Crippen LogP contribution is -2.41. The fraction of sp³-hybridized carbons (Fsp3) is 0.600. The number of pyridine rings is 1. The minimum Gasteiger partial charge on any atom is -0.384 e. The summed E-state index contributed by atoms with van der Waals surface area (Å²) in [5.74, 6) is -0.0749. The molecule has 0 aromatic carbocycles. The smallest absolute Gasteiger partial charge is 0.255 e. The lowest BCUT2D eigenvalue weighted by molar-refractivity contribution is 0.0910. The van der Waals surface area contributed by atoms with E-state index in [1.807, 2.05) is 13.0 Å². The highest BCUT2D eigenvalue weighted by molar-refractivity contribution is 5.99. The number of hydrogen-bond donors (Lipinski definition) is 2. The van der Waals surface area contributed by atoms with E-state index < -0.39 is 0 Å². The van der Waals surface area contributed by atoms with Crippen LogP contribution in [0.25, 0.3) is 0 Å². The van der Waals surface area contributed by atoms with Crippen molar-refractivity contribution in [1.29, 1.82) is 0 Å². The molecule has 0 saturated carbocycles. The topological polar surface area (TPSA) is 54.0 Å². The van der Waals surface area contributed by atoms with Crippen molar-refractivity contribution in [2.24, 2.45) is 5.41 Å².